The number of nitrogens with zero attached hydrogens (tertiary/aromatic N) is 1. The molecule has 0 aromatic carbocycles. The molecule has 0 bridgehead atoms. The molecule has 4 nitrogen and oxygen atoms in total. The Kier molecular flexibility index (Phi) is 4.08. The summed E-state index contributed by atoms with van der Waals surface area (Å²) < 4.78 is 28.1. The van der Waals surface area contributed by atoms with Gasteiger partial charge in [0.05, 0.1) is 0 Å². The number of hydrogen-bond donors (Lipinski definition) is 1. The first-order valence-electron chi connectivity index (χ1n) is 6.06. The number of rotatable bonds is 3. The average molecular weight is 333 g/mol. The zero-order valence-corrected chi connectivity index (χ0v) is 12.7. The Labute approximate surface area is 116 Å². The summed E-state index contributed by atoms with van der Waals surface area (Å²) >= 11 is 3.24. The van der Waals surface area contributed by atoms with Crippen LogP contribution in [0.1, 0.15) is 39.0 Å². The minimum absolute atomic E-state index is 0.212. The van der Waals surface area contributed by atoms with Crippen molar-refractivity contribution in [3.63, 3.8) is 0 Å². The van der Waals surface area contributed by atoms with Crippen molar-refractivity contribution >= 4 is 26.0 Å². The quantitative estimate of drug-likeness (QED) is 0.925. The Bertz CT molecular complexity index is 525. The molecule has 0 spiro atoms. The molecule has 1 aromatic heterocycles. The van der Waals surface area contributed by atoms with E-state index in [0.29, 0.717) is 4.47 Å². The molecule has 1 heterocycles. The van der Waals surface area contributed by atoms with Gasteiger partial charge in [-0.1, -0.05) is 19.3 Å². The van der Waals surface area contributed by atoms with Crippen LogP contribution < -0.4 is 4.72 Å². The molecule has 0 radical (unpaired) electrons. The topological polar surface area (TPSA) is 59.1 Å². The molecule has 1 aliphatic rings. The molecule has 1 aliphatic carbocycles. The van der Waals surface area contributed by atoms with Gasteiger partial charge in [0.1, 0.15) is 4.90 Å². The summed E-state index contributed by atoms with van der Waals surface area (Å²) in [5.41, 5.74) is -0.320. The fraction of sp³-hybridized carbons (Fsp3) is 0.583. The molecular formula is C12H17BrN2O2S. The standard InChI is InChI=1S/C12H17BrN2O2S/c1-12(5-3-2-4-6-12)15-18(16,17)11-7-10(13)8-14-9-11/h7-9,15H,2-6H2,1H3. The van der Waals surface area contributed by atoms with Crippen LogP contribution in [0.2, 0.25) is 0 Å². The predicted octanol–water partition coefficient (Wildman–Crippen LogP) is 2.85. The molecule has 2 rings (SSSR count). The second-order valence-electron chi connectivity index (χ2n) is 5.07. The molecule has 100 valence electrons. The van der Waals surface area contributed by atoms with Crippen LogP contribution >= 0.6 is 15.9 Å². The van der Waals surface area contributed by atoms with Gasteiger partial charge in [0.2, 0.25) is 10.0 Å². The van der Waals surface area contributed by atoms with Crippen LogP contribution in [-0.2, 0) is 10.0 Å². The largest absolute Gasteiger partial charge is 0.262 e. The Morgan fingerprint density at radius 2 is 1.94 bits per heavy atom. The molecule has 6 heteroatoms. The first-order chi connectivity index (χ1) is 8.41. The van der Waals surface area contributed by atoms with Crippen molar-refractivity contribution in [2.45, 2.75) is 49.5 Å². The van der Waals surface area contributed by atoms with E-state index in [4.69, 9.17) is 0 Å². The summed E-state index contributed by atoms with van der Waals surface area (Å²) in [5.74, 6) is 0. The zero-order chi connectivity index (χ0) is 13.2. The van der Waals surface area contributed by atoms with Crippen LogP contribution in [0, 0.1) is 0 Å². The van der Waals surface area contributed by atoms with Gasteiger partial charge < -0.3 is 0 Å². The highest BCUT2D eigenvalue weighted by Gasteiger charge is 2.32. The molecule has 0 amide bonds. The van der Waals surface area contributed by atoms with Gasteiger partial charge in [-0.05, 0) is 41.8 Å². The summed E-state index contributed by atoms with van der Waals surface area (Å²) in [6, 6.07) is 1.57. The highest BCUT2D eigenvalue weighted by molar-refractivity contribution is 9.10. The van der Waals surface area contributed by atoms with Gasteiger partial charge in [-0.15, -0.1) is 0 Å². The van der Waals surface area contributed by atoms with Gasteiger partial charge in [0.25, 0.3) is 0 Å². The molecule has 1 saturated carbocycles. The minimum atomic E-state index is -3.48. The summed E-state index contributed by atoms with van der Waals surface area (Å²) in [7, 11) is -3.48. The van der Waals surface area contributed by atoms with Crippen molar-refractivity contribution in [2.24, 2.45) is 0 Å². The SMILES string of the molecule is CC1(NS(=O)(=O)c2cncc(Br)c2)CCCCC1. The monoisotopic (exact) mass is 332 g/mol. The van der Waals surface area contributed by atoms with Crippen LogP contribution in [0.25, 0.3) is 0 Å². The van der Waals surface area contributed by atoms with Gasteiger partial charge in [-0.25, -0.2) is 13.1 Å². The third-order valence-corrected chi connectivity index (χ3v) is 5.37. The lowest BCUT2D eigenvalue weighted by molar-refractivity contribution is 0.294. The van der Waals surface area contributed by atoms with E-state index in [1.807, 2.05) is 6.92 Å². The maximum atomic E-state index is 12.3. The van der Waals surface area contributed by atoms with Crippen molar-refractivity contribution in [1.29, 1.82) is 0 Å². The zero-order valence-electron chi connectivity index (χ0n) is 10.3. The fourth-order valence-corrected chi connectivity index (χ4v) is 4.33. The highest BCUT2D eigenvalue weighted by atomic mass is 79.9. The molecule has 1 fully saturated rings. The Morgan fingerprint density at radius 3 is 2.56 bits per heavy atom. The smallest absolute Gasteiger partial charge is 0.242 e. The Hall–Kier alpha value is -0.460. The van der Waals surface area contributed by atoms with Crippen LogP contribution in [0.15, 0.2) is 27.8 Å². The molecule has 1 aromatic rings. The number of nitrogens with one attached hydrogen (secondary N) is 1. The van der Waals surface area contributed by atoms with E-state index in [-0.39, 0.29) is 10.4 Å². The molecule has 0 unspecified atom stereocenters. The summed E-state index contributed by atoms with van der Waals surface area (Å²) in [4.78, 5) is 4.11. The van der Waals surface area contributed by atoms with Gasteiger partial charge >= 0.3 is 0 Å². The van der Waals surface area contributed by atoms with Crippen molar-refractivity contribution in [3.05, 3.63) is 22.9 Å². The molecular weight excluding hydrogens is 316 g/mol. The molecule has 1 N–H and O–H groups in total. The number of aromatic nitrogens is 1. The van der Waals surface area contributed by atoms with E-state index < -0.39 is 10.0 Å². The van der Waals surface area contributed by atoms with E-state index in [2.05, 4.69) is 25.6 Å². The van der Waals surface area contributed by atoms with E-state index >= 15 is 0 Å². The number of halogens is 1. The normalized spacial score (nSPS) is 19.7. The van der Waals surface area contributed by atoms with Crippen LogP contribution in [0.5, 0.6) is 0 Å². The maximum absolute atomic E-state index is 12.3. The van der Waals surface area contributed by atoms with Crippen molar-refractivity contribution < 1.29 is 8.42 Å². The highest BCUT2D eigenvalue weighted by Crippen LogP contribution is 2.29. The third kappa shape index (κ3) is 3.30. The average Bonchev–Trinajstić information content (AvgIpc) is 2.28. The van der Waals surface area contributed by atoms with E-state index in [9.17, 15) is 8.42 Å². The van der Waals surface area contributed by atoms with E-state index in [1.54, 1.807) is 12.3 Å². The van der Waals surface area contributed by atoms with Gasteiger partial charge in [0, 0.05) is 22.4 Å². The third-order valence-electron chi connectivity index (χ3n) is 3.33. The van der Waals surface area contributed by atoms with E-state index in [0.717, 1.165) is 25.7 Å². The molecule has 0 atom stereocenters. The van der Waals surface area contributed by atoms with Crippen molar-refractivity contribution in [1.82, 2.24) is 9.71 Å². The van der Waals surface area contributed by atoms with Crippen molar-refractivity contribution in [2.75, 3.05) is 0 Å². The first kappa shape index (κ1) is 14.0. The molecule has 18 heavy (non-hydrogen) atoms. The fourth-order valence-electron chi connectivity index (χ4n) is 2.36. The van der Waals surface area contributed by atoms with Gasteiger partial charge in [0.15, 0.2) is 0 Å². The summed E-state index contributed by atoms with van der Waals surface area (Å²) in [6.45, 7) is 1.98. The molecule has 0 aliphatic heterocycles. The molecule has 0 saturated heterocycles. The number of hydrogen-bond acceptors (Lipinski definition) is 3. The second-order valence-corrected chi connectivity index (χ2v) is 7.66. The van der Waals surface area contributed by atoms with Crippen molar-refractivity contribution in [3.8, 4) is 0 Å². The van der Waals surface area contributed by atoms with Gasteiger partial charge in [-0.2, -0.15) is 0 Å². The first-order valence-corrected chi connectivity index (χ1v) is 8.33. The minimum Gasteiger partial charge on any atom is -0.262 e. The second kappa shape index (κ2) is 5.27. The van der Waals surface area contributed by atoms with Crippen LogP contribution in [-0.4, -0.2) is 18.9 Å². The predicted molar refractivity (Wildman–Crippen MR) is 73.7 cm³/mol. The lowest BCUT2D eigenvalue weighted by Crippen LogP contribution is -2.47. The van der Waals surface area contributed by atoms with Crippen LogP contribution in [0.3, 0.4) is 0 Å². The Balaban J connectivity index is 2.21. The Morgan fingerprint density at radius 1 is 1.28 bits per heavy atom. The number of pyridine rings is 1. The summed E-state index contributed by atoms with van der Waals surface area (Å²) in [6.07, 6.45) is 8.09. The lowest BCUT2D eigenvalue weighted by atomic mass is 9.84. The van der Waals surface area contributed by atoms with Crippen LogP contribution in [0.4, 0.5) is 0 Å². The maximum Gasteiger partial charge on any atom is 0.242 e. The number of sulfonamides is 1. The lowest BCUT2D eigenvalue weighted by Gasteiger charge is -2.34. The summed E-state index contributed by atoms with van der Waals surface area (Å²) in [5, 5.41) is 0. The van der Waals surface area contributed by atoms with E-state index in [1.165, 1.54) is 12.6 Å². The van der Waals surface area contributed by atoms with Gasteiger partial charge in [-0.3, -0.25) is 4.98 Å².